The van der Waals surface area contributed by atoms with E-state index in [1.807, 2.05) is 4.90 Å². The number of likely N-dealkylation sites (tertiary alicyclic amines) is 1. The molecule has 0 saturated carbocycles. The molecular weight excluding hydrogens is 288 g/mol. The summed E-state index contributed by atoms with van der Waals surface area (Å²) >= 11 is 0. The molecule has 0 radical (unpaired) electrons. The lowest BCUT2D eigenvalue weighted by molar-refractivity contribution is -0.132. The number of aryl methyl sites for hydroxylation is 1. The van der Waals surface area contributed by atoms with Gasteiger partial charge in [-0.3, -0.25) is 4.79 Å². The van der Waals surface area contributed by atoms with Crippen LogP contribution < -0.4 is 5.14 Å². The first kappa shape index (κ1) is 16.0. The minimum absolute atomic E-state index is 0.0996. The molecule has 1 heterocycles. The van der Waals surface area contributed by atoms with Crippen molar-refractivity contribution in [3.8, 4) is 0 Å². The fraction of sp³-hybridized carbons (Fsp3) is 0.533. The summed E-state index contributed by atoms with van der Waals surface area (Å²) in [6.45, 7) is 3.92. The van der Waals surface area contributed by atoms with Crippen LogP contribution in [0.5, 0.6) is 0 Å². The third-order valence-electron chi connectivity index (χ3n) is 4.02. The van der Waals surface area contributed by atoms with Gasteiger partial charge in [-0.25, -0.2) is 13.6 Å². The molecule has 116 valence electrons. The van der Waals surface area contributed by atoms with Gasteiger partial charge in [-0.15, -0.1) is 0 Å². The van der Waals surface area contributed by atoms with Crippen molar-refractivity contribution in [3.05, 3.63) is 29.8 Å². The molecule has 2 N–H and O–H groups in total. The number of amides is 1. The maximum Gasteiger partial charge on any atom is 0.238 e. The lowest BCUT2D eigenvalue weighted by Gasteiger charge is -2.30. The topological polar surface area (TPSA) is 80.5 Å². The van der Waals surface area contributed by atoms with Crippen LogP contribution in [0.2, 0.25) is 0 Å². The number of piperidine rings is 1. The first-order valence-corrected chi connectivity index (χ1v) is 8.80. The highest BCUT2D eigenvalue weighted by molar-refractivity contribution is 7.89. The van der Waals surface area contributed by atoms with Gasteiger partial charge in [-0.1, -0.05) is 19.1 Å². The molecule has 1 amide bonds. The Morgan fingerprint density at radius 2 is 1.81 bits per heavy atom. The van der Waals surface area contributed by atoms with Gasteiger partial charge in [-0.05, 0) is 42.9 Å². The molecule has 0 bridgehead atoms. The van der Waals surface area contributed by atoms with Gasteiger partial charge in [0.25, 0.3) is 0 Å². The van der Waals surface area contributed by atoms with Crippen molar-refractivity contribution in [3.63, 3.8) is 0 Å². The number of rotatable bonds is 4. The molecule has 1 aromatic carbocycles. The van der Waals surface area contributed by atoms with Crippen LogP contribution in [-0.4, -0.2) is 32.3 Å². The van der Waals surface area contributed by atoms with E-state index in [-0.39, 0.29) is 10.8 Å². The van der Waals surface area contributed by atoms with Crippen molar-refractivity contribution in [1.29, 1.82) is 0 Å². The SMILES string of the molecule is CC1CCN(C(=O)CCc2ccc(S(N)(=O)=O)cc2)CC1. The molecular formula is C15H22N2O3S. The third-order valence-corrected chi connectivity index (χ3v) is 4.94. The van der Waals surface area contributed by atoms with Gasteiger partial charge in [0, 0.05) is 19.5 Å². The van der Waals surface area contributed by atoms with E-state index in [0.29, 0.717) is 18.8 Å². The number of hydrogen-bond donors (Lipinski definition) is 1. The van der Waals surface area contributed by atoms with Crippen LogP contribution in [-0.2, 0) is 21.2 Å². The van der Waals surface area contributed by atoms with E-state index in [1.54, 1.807) is 12.1 Å². The van der Waals surface area contributed by atoms with Gasteiger partial charge in [-0.2, -0.15) is 0 Å². The third kappa shape index (κ3) is 4.54. The predicted octanol–water partition coefficient (Wildman–Crippen LogP) is 1.53. The molecule has 1 aromatic rings. The second-order valence-electron chi connectivity index (χ2n) is 5.75. The minimum Gasteiger partial charge on any atom is -0.343 e. The molecule has 5 nitrogen and oxygen atoms in total. The first-order valence-electron chi connectivity index (χ1n) is 7.26. The Bertz CT molecular complexity index is 588. The zero-order valence-electron chi connectivity index (χ0n) is 12.3. The Kier molecular flexibility index (Phi) is 5.00. The highest BCUT2D eigenvalue weighted by atomic mass is 32.2. The lowest BCUT2D eigenvalue weighted by atomic mass is 9.98. The fourth-order valence-corrected chi connectivity index (χ4v) is 3.03. The van der Waals surface area contributed by atoms with Gasteiger partial charge in [0.05, 0.1) is 4.90 Å². The van der Waals surface area contributed by atoms with Crippen molar-refractivity contribution < 1.29 is 13.2 Å². The molecule has 0 aliphatic carbocycles. The van der Waals surface area contributed by atoms with E-state index in [4.69, 9.17) is 5.14 Å². The highest BCUT2D eigenvalue weighted by Gasteiger charge is 2.19. The quantitative estimate of drug-likeness (QED) is 0.915. The van der Waals surface area contributed by atoms with E-state index in [9.17, 15) is 13.2 Å². The number of carbonyl (C=O) groups excluding carboxylic acids is 1. The summed E-state index contributed by atoms with van der Waals surface area (Å²) in [5.41, 5.74) is 0.945. The largest absolute Gasteiger partial charge is 0.343 e. The van der Waals surface area contributed by atoms with Crippen molar-refractivity contribution in [2.45, 2.75) is 37.5 Å². The zero-order valence-corrected chi connectivity index (χ0v) is 13.1. The Hall–Kier alpha value is -1.40. The number of nitrogens with two attached hydrogens (primary N) is 1. The van der Waals surface area contributed by atoms with Crippen molar-refractivity contribution in [2.24, 2.45) is 11.1 Å². The van der Waals surface area contributed by atoms with Crippen LogP contribution in [0.1, 0.15) is 31.7 Å². The van der Waals surface area contributed by atoms with Crippen LogP contribution in [0.25, 0.3) is 0 Å². The Morgan fingerprint density at radius 3 is 2.33 bits per heavy atom. The van der Waals surface area contributed by atoms with Crippen LogP contribution in [0.3, 0.4) is 0 Å². The molecule has 1 saturated heterocycles. The number of benzene rings is 1. The van der Waals surface area contributed by atoms with Crippen LogP contribution in [0.4, 0.5) is 0 Å². The Morgan fingerprint density at radius 1 is 1.24 bits per heavy atom. The fourth-order valence-electron chi connectivity index (χ4n) is 2.51. The van der Waals surface area contributed by atoms with Crippen LogP contribution >= 0.6 is 0 Å². The zero-order chi connectivity index (χ0) is 15.5. The van der Waals surface area contributed by atoms with E-state index in [2.05, 4.69) is 6.92 Å². The summed E-state index contributed by atoms with van der Waals surface area (Å²) in [6.07, 6.45) is 3.24. The van der Waals surface area contributed by atoms with Gasteiger partial charge >= 0.3 is 0 Å². The number of primary sulfonamides is 1. The molecule has 1 aliphatic heterocycles. The smallest absolute Gasteiger partial charge is 0.238 e. The number of nitrogens with zero attached hydrogens (tertiary/aromatic N) is 1. The van der Waals surface area contributed by atoms with Crippen molar-refractivity contribution in [2.75, 3.05) is 13.1 Å². The molecule has 2 rings (SSSR count). The summed E-state index contributed by atoms with van der Waals surface area (Å²) in [5.74, 6) is 0.886. The van der Waals surface area contributed by atoms with Gasteiger partial charge in [0.15, 0.2) is 0 Å². The second kappa shape index (κ2) is 6.58. The standard InChI is InChI=1S/C15H22N2O3S/c1-12-8-10-17(11-9-12)15(18)7-4-13-2-5-14(6-3-13)21(16,19)20/h2-3,5-6,12H,4,7-11H2,1H3,(H2,16,19,20). The average Bonchev–Trinajstić information content (AvgIpc) is 2.45. The molecule has 0 spiro atoms. The molecule has 0 atom stereocenters. The van der Waals surface area contributed by atoms with E-state index in [0.717, 1.165) is 31.5 Å². The van der Waals surface area contributed by atoms with E-state index < -0.39 is 10.0 Å². The average molecular weight is 310 g/mol. The maximum absolute atomic E-state index is 12.1. The normalized spacial score (nSPS) is 17.0. The Labute approximate surface area is 126 Å². The summed E-state index contributed by atoms with van der Waals surface area (Å²) in [4.78, 5) is 14.1. The molecule has 6 heteroatoms. The highest BCUT2D eigenvalue weighted by Crippen LogP contribution is 2.17. The van der Waals surface area contributed by atoms with Crippen molar-refractivity contribution >= 4 is 15.9 Å². The predicted molar refractivity (Wildman–Crippen MR) is 81.1 cm³/mol. The summed E-state index contributed by atoms with van der Waals surface area (Å²) < 4.78 is 22.3. The molecule has 1 aliphatic rings. The number of sulfonamides is 1. The van der Waals surface area contributed by atoms with Crippen LogP contribution in [0, 0.1) is 5.92 Å². The minimum atomic E-state index is -3.65. The van der Waals surface area contributed by atoms with Crippen molar-refractivity contribution in [1.82, 2.24) is 4.90 Å². The molecule has 21 heavy (non-hydrogen) atoms. The first-order chi connectivity index (χ1) is 9.86. The molecule has 0 unspecified atom stereocenters. The number of carbonyl (C=O) groups is 1. The van der Waals surface area contributed by atoms with E-state index in [1.165, 1.54) is 12.1 Å². The lowest BCUT2D eigenvalue weighted by Crippen LogP contribution is -2.37. The second-order valence-corrected chi connectivity index (χ2v) is 7.31. The monoisotopic (exact) mass is 310 g/mol. The Balaban J connectivity index is 1.87. The molecule has 1 fully saturated rings. The summed E-state index contributed by atoms with van der Waals surface area (Å²) in [5, 5.41) is 5.05. The number of hydrogen-bond acceptors (Lipinski definition) is 3. The van der Waals surface area contributed by atoms with Gasteiger partial charge in [0.2, 0.25) is 15.9 Å². The molecule has 0 aromatic heterocycles. The van der Waals surface area contributed by atoms with Gasteiger partial charge < -0.3 is 4.90 Å². The van der Waals surface area contributed by atoms with Gasteiger partial charge in [0.1, 0.15) is 0 Å². The summed E-state index contributed by atoms with van der Waals surface area (Å²) in [7, 11) is -3.65. The maximum atomic E-state index is 12.1. The van der Waals surface area contributed by atoms with Crippen LogP contribution in [0.15, 0.2) is 29.2 Å². The summed E-state index contributed by atoms with van der Waals surface area (Å²) in [6, 6.07) is 6.39. The van der Waals surface area contributed by atoms with E-state index >= 15 is 0 Å².